The first-order chi connectivity index (χ1) is 36.2. The van der Waals surface area contributed by atoms with E-state index in [2.05, 4.69) is 12.1 Å². The van der Waals surface area contributed by atoms with E-state index in [4.69, 9.17) is 60.0 Å². The zero-order chi connectivity index (χ0) is 49.7. The number of thiol groups is 1. The molecule has 0 saturated carbocycles. The lowest BCUT2D eigenvalue weighted by atomic mass is 9.93. The summed E-state index contributed by atoms with van der Waals surface area (Å²) < 4.78 is 70.1. The van der Waals surface area contributed by atoms with Gasteiger partial charge in [-0.15, -0.1) is 0 Å². The first-order valence-corrected chi connectivity index (χ1v) is 25.9. The van der Waals surface area contributed by atoms with Crippen LogP contribution in [0.2, 0.25) is 0 Å². The third kappa shape index (κ3) is 15.5. The zero-order valence-electron chi connectivity index (χ0n) is 41.1. The number of benzene rings is 7. The average molecular weight is 1000 g/mol. The topological polar surface area (TPSA) is 92.3 Å². The summed E-state index contributed by atoms with van der Waals surface area (Å²) in [7, 11) is 0. The smallest absolute Gasteiger partial charge is 0.187 e. The van der Waals surface area contributed by atoms with Crippen LogP contribution in [-0.2, 0) is 93.6 Å². The van der Waals surface area contributed by atoms with Crippen molar-refractivity contribution in [3.05, 3.63) is 251 Å². The zero-order valence-corrected chi connectivity index (χ0v) is 42.0. The summed E-state index contributed by atoms with van der Waals surface area (Å²) in [6.45, 7) is 2.45. The Labute approximate surface area is 435 Å². The molecular weight excluding hydrogens is 937 g/mol. The maximum absolute atomic E-state index is 7.54. The van der Waals surface area contributed by atoms with Gasteiger partial charge in [-0.3, -0.25) is 0 Å². The highest BCUT2D eigenvalue weighted by molar-refractivity contribution is 7.80. The van der Waals surface area contributed by atoms with E-state index in [1.54, 1.807) is 0 Å². The molecule has 0 aliphatic carbocycles. The van der Waals surface area contributed by atoms with Crippen molar-refractivity contribution >= 4 is 12.6 Å². The Morgan fingerprint density at radius 1 is 0.288 bits per heavy atom. The molecule has 2 aliphatic rings. The lowest BCUT2D eigenvalue weighted by Crippen LogP contribution is -2.66. The van der Waals surface area contributed by atoms with Gasteiger partial charge < -0.3 is 47.4 Å². The number of hydrogen-bond donors (Lipinski definition) is 1. The Morgan fingerprint density at radius 3 is 0.904 bits per heavy atom. The monoisotopic (exact) mass is 1000 g/mol. The van der Waals surface area contributed by atoms with Crippen LogP contribution in [0.5, 0.6) is 0 Å². The van der Waals surface area contributed by atoms with Crippen molar-refractivity contribution in [3.63, 3.8) is 0 Å². The third-order valence-electron chi connectivity index (χ3n) is 13.0. The van der Waals surface area contributed by atoms with Gasteiger partial charge in [0.05, 0.1) is 65.6 Å². The molecule has 0 spiro atoms. The fourth-order valence-corrected chi connectivity index (χ4v) is 9.53. The molecule has 9 rings (SSSR count). The Balaban J connectivity index is 1.11. The Kier molecular flexibility index (Phi) is 20.3. The minimum Gasteiger partial charge on any atom is -0.374 e. The molecule has 0 bridgehead atoms. The van der Waals surface area contributed by atoms with Gasteiger partial charge >= 0.3 is 0 Å². The minimum absolute atomic E-state index is 0.161. The summed E-state index contributed by atoms with van der Waals surface area (Å²) in [5, 5.41) is 0. The van der Waals surface area contributed by atoms with Gasteiger partial charge in [0, 0.05) is 5.75 Å². The van der Waals surface area contributed by atoms with Crippen molar-refractivity contribution in [2.24, 2.45) is 0 Å². The predicted molar refractivity (Wildman–Crippen MR) is 283 cm³/mol. The molecule has 4 unspecified atom stereocenters. The van der Waals surface area contributed by atoms with Gasteiger partial charge in [-0.1, -0.05) is 212 Å². The van der Waals surface area contributed by atoms with Crippen molar-refractivity contribution in [2.45, 2.75) is 107 Å². The summed E-state index contributed by atoms with van der Waals surface area (Å²) in [6.07, 6.45) is -7.32. The predicted octanol–water partition coefficient (Wildman–Crippen LogP) is 11.2. The molecule has 73 heavy (non-hydrogen) atoms. The van der Waals surface area contributed by atoms with Crippen LogP contribution in [0, 0.1) is 0 Å². The molecule has 7 aromatic rings. The van der Waals surface area contributed by atoms with E-state index in [-0.39, 0.29) is 33.0 Å². The first kappa shape index (κ1) is 52.4. The van der Waals surface area contributed by atoms with E-state index in [1.165, 1.54) is 0 Å². The molecule has 11 heteroatoms. The lowest BCUT2D eigenvalue weighted by molar-refractivity contribution is -0.362. The quantitative estimate of drug-likeness (QED) is 0.0529. The molecule has 2 heterocycles. The van der Waals surface area contributed by atoms with Crippen molar-refractivity contribution in [2.75, 3.05) is 19.0 Å². The molecule has 0 radical (unpaired) electrons. The van der Waals surface area contributed by atoms with E-state index in [1.807, 2.05) is 200 Å². The highest BCUT2D eigenvalue weighted by Gasteiger charge is 2.54. The standard InChI is InChI=1S/C62H66O10S/c73-45-55-57(66-39-49-28-14-4-15-29-49)59(67-40-50-30-16-5-17-31-50)58(54(70-55)44-64-37-47-24-10-2-11-25-47)72-62-61(69-42-52-34-20-7-21-35-52)60(68-41-51-32-18-6-19-33-51)56(65-38-48-26-12-3-13-27-48)53(71-62)43-63-36-46-22-8-1-9-23-46/h1-35,53-62,73H,36-45H2/t53?,54?,55?,56-,57-,58-,59+,60-,61+,62?/m1/s1. The van der Waals surface area contributed by atoms with Crippen LogP contribution in [0.25, 0.3) is 0 Å². The van der Waals surface area contributed by atoms with Crippen LogP contribution in [0.15, 0.2) is 212 Å². The molecule has 380 valence electrons. The molecule has 10 atom stereocenters. The van der Waals surface area contributed by atoms with Gasteiger partial charge in [0.2, 0.25) is 0 Å². The van der Waals surface area contributed by atoms with Gasteiger partial charge in [0.25, 0.3) is 0 Å². The SMILES string of the molecule is SCC1OC(COCc2ccccc2)[C@@H](OC2OC(COCc3ccccc3)[C@@H](OCc3ccccc3)[C@@H](OCc3ccccc3)[C@@H]2OCc2ccccc2)[C@@H](OCc2ccccc2)[C@@H]1OCc1ccccc1. The first-order valence-electron chi connectivity index (χ1n) is 25.2. The Hall–Kier alpha value is -5.51. The van der Waals surface area contributed by atoms with E-state index in [0.29, 0.717) is 32.2 Å². The Bertz CT molecular complexity index is 2570. The van der Waals surface area contributed by atoms with E-state index >= 15 is 0 Å². The maximum atomic E-state index is 7.54. The molecule has 0 N–H and O–H groups in total. The van der Waals surface area contributed by atoms with Crippen LogP contribution < -0.4 is 0 Å². The average Bonchev–Trinajstić information content (AvgIpc) is 3.45. The summed E-state index contributed by atoms with van der Waals surface area (Å²) in [5.41, 5.74) is 7.04. The van der Waals surface area contributed by atoms with Gasteiger partial charge in [-0.2, -0.15) is 12.6 Å². The molecule has 0 amide bonds. The minimum atomic E-state index is -1.07. The van der Waals surface area contributed by atoms with Gasteiger partial charge in [-0.05, 0) is 38.9 Å². The van der Waals surface area contributed by atoms with Crippen LogP contribution >= 0.6 is 12.6 Å². The summed E-state index contributed by atoms with van der Waals surface area (Å²) in [6, 6.07) is 70.7. The maximum Gasteiger partial charge on any atom is 0.187 e. The molecule has 10 nitrogen and oxygen atoms in total. The second-order valence-electron chi connectivity index (χ2n) is 18.3. The second-order valence-corrected chi connectivity index (χ2v) is 18.7. The van der Waals surface area contributed by atoms with Crippen molar-refractivity contribution < 1.29 is 47.4 Å². The molecule has 0 aromatic heterocycles. The lowest BCUT2D eigenvalue weighted by Gasteiger charge is -2.50. The van der Waals surface area contributed by atoms with Gasteiger partial charge in [0.15, 0.2) is 6.29 Å². The second kappa shape index (κ2) is 28.2. The molecule has 2 fully saturated rings. The van der Waals surface area contributed by atoms with E-state index in [0.717, 1.165) is 38.9 Å². The van der Waals surface area contributed by atoms with Crippen molar-refractivity contribution in [1.29, 1.82) is 0 Å². The molecule has 2 saturated heterocycles. The number of ether oxygens (including phenoxy) is 10. The van der Waals surface area contributed by atoms with Crippen LogP contribution in [-0.4, -0.2) is 80.2 Å². The molecule has 2 aliphatic heterocycles. The van der Waals surface area contributed by atoms with Crippen LogP contribution in [0.4, 0.5) is 0 Å². The summed E-state index contributed by atoms with van der Waals surface area (Å²) in [4.78, 5) is 0. The highest BCUT2D eigenvalue weighted by Crippen LogP contribution is 2.37. The highest BCUT2D eigenvalue weighted by atomic mass is 32.1. The number of rotatable bonds is 26. The summed E-state index contributed by atoms with van der Waals surface area (Å²) >= 11 is 4.87. The van der Waals surface area contributed by atoms with Crippen LogP contribution in [0.1, 0.15) is 38.9 Å². The third-order valence-corrected chi connectivity index (χ3v) is 13.4. The van der Waals surface area contributed by atoms with Gasteiger partial charge in [0.1, 0.15) is 48.8 Å². The van der Waals surface area contributed by atoms with E-state index < -0.39 is 61.2 Å². The number of hydrogen-bond acceptors (Lipinski definition) is 11. The molecular formula is C62H66O10S. The molecule has 7 aromatic carbocycles. The fourth-order valence-electron chi connectivity index (χ4n) is 9.24. The largest absolute Gasteiger partial charge is 0.374 e. The summed E-state index contributed by atoms with van der Waals surface area (Å²) in [5.74, 6) is 0.353. The van der Waals surface area contributed by atoms with Gasteiger partial charge in [-0.25, -0.2) is 0 Å². The fraction of sp³-hybridized carbons (Fsp3) is 0.323. The van der Waals surface area contributed by atoms with Crippen molar-refractivity contribution in [3.8, 4) is 0 Å². The van der Waals surface area contributed by atoms with E-state index in [9.17, 15) is 0 Å². The normalized spacial score (nSPS) is 24.0. The van der Waals surface area contributed by atoms with Crippen LogP contribution in [0.3, 0.4) is 0 Å². The van der Waals surface area contributed by atoms with Crippen molar-refractivity contribution in [1.82, 2.24) is 0 Å². The Morgan fingerprint density at radius 2 is 0.562 bits per heavy atom.